The predicted octanol–water partition coefficient (Wildman–Crippen LogP) is 1.18. The molecule has 0 aromatic carbocycles. The summed E-state index contributed by atoms with van der Waals surface area (Å²) in [5.41, 5.74) is 9.10. The molecule has 0 aliphatic heterocycles. The normalized spacial score (nSPS) is 10.6. The Balaban J connectivity index is 1.92. The van der Waals surface area contributed by atoms with Gasteiger partial charge in [-0.2, -0.15) is 5.10 Å². The molecule has 0 unspecified atom stereocenters. The quantitative estimate of drug-likeness (QED) is 0.895. The van der Waals surface area contributed by atoms with Gasteiger partial charge in [0.15, 0.2) is 0 Å². The Labute approximate surface area is 124 Å². The Kier molecular flexibility index (Phi) is 4.57. The molecular weight excluding hydrogens is 266 g/mol. The van der Waals surface area contributed by atoms with Gasteiger partial charge in [-0.25, -0.2) is 0 Å². The van der Waals surface area contributed by atoms with Crippen molar-refractivity contribution >= 4 is 11.6 Å². The van der Waals surface area contributed by atoms with Crippen molar-refractivity contribution in [3.05, 3.63) is 41.5 Å². The van der Waals surface area contributed by atoms with Gasteiger partial charge in [0.25, 0.3) is 0 Å². The van der Waals surface area contributed by atoms with Crippen molar-refractivity contribution in [2.24, 2.45) is 0 Å². The Morgan fingerprint density at radius 1 is 1.38 bits per heavy atom. The smallest absolute Gasteiger partial charge is 0.244 e. The first-order valence-electron chi connectivity index (χ1n) is 6.92. The van der Waals surface area contributed by atoms with Gasteiger partial charge in [0.2, 0.25) is 5.91 Å². The highest BCUT2D eigenvalue weighted by molar-refractivity contribution is 5.75. The van der Waals surface area contributed by atoms with Crippen LogP contribution in [0.2, 0.25) is 0 Å². The number of nitrogens with zero attached hydrogens (tertiary/aromatic N) is 4. The number of hydrogen-bond donors (Lipinski definition) is 1. The maximum atomic E-state index is 12.2. The van der Waals surface area contributed by atoms with Crippen LogP contribution < -0.4 is 5.73 Å². The summed E-state index contributed by atoms with van der Waals surface area (Å²) >= 11 is 0. The van der Waals surface area contributed by atoms with Crippen molar-refractivity contribution in [2.45, 2.75) is 26.8 Å². The molecule has 2 rings (SSSR count). The molecule has 0 fully saturated rings. The molecule has 2 heterocycles. The summed E-state index contributed by atoms with van der Waals surface area (Å²) in [5.74, 6) is 0.0107. The van der Waals surface area contributed by atoms with Crippen molar-refractivity contribution in [3.63, 3.8) is 0 Å². The molecule has 0 saturated heterocycles. The van der Waals surface area contributed by atoms with E-state index >= 15 is 0 Å². The highest BCUT2D eigenvalue weighted by atomic mass is 16.2. The number of likely N-dealkylation sites (N-methyl/N-ethyl adjacent to an activating group) is 1. The fourth-order valence-corrected chi connectivity index (χ4v) is 2.07. The average Bonchev–Trinajstić information content (AvgIpc) is 2.73. The Hall–Kier alpha value is -2.37. The number of amides is 1. The highest BCUT2D eigenvalue weighted by Crippen LogP contribution is 2.14. The van der Waals surface area contributed by atoms with Gasteiger partial charge in [-0.1, -0.05) is 6.07 Å². The summed E-state index contributed by atoms with van der Waals surface area (Å²) in [5, 5.41) is 4.28. The summed E-state index contributed by atoms with van der Waals surface area (Å²) in [6, 6.07) is 5.79. The lowest BCUT2D eigenvalue weighted by Gasteiger charge is -2.17. The molecule has 1 amide bonds. The van der Waals surface area contributed by atoms with E-state index in [1.54, 1.807) is 22.8 Å². The molecule has 6 nitrogen and oxygen atoms in total. The first kappa shape index (κ1) is 15.0. The zero-order valence-electron chi connectivity index (χ0n) is 12.7. The minimum absolute atomic E-state index is 0.0107. The highest BCUT2D eigenvalue weighted by Gasteiger charge is 2.14. The van der Waals surface area contributed by atoms with Crippen molar-refractivity contribution in [1.29, 1.82) is 0 Å². The number of anilines is 1. The molecule has 0 spiro atoms. The lowest BCUT2D eigenvalue weighted by molar-refractivity contribution is -0.130. The van der Waals surface area contributed by atoms with Crippen LogP contribution >= 0.6 is 0 Å². The van der Waals surface area contributed by atoms with E-state index in [4.69, 9.17) is 5.73 Å². The van der Waals surface area contributed by atoms with E-state index in [0.29, 0.717) is 12.2 Å². The summed E-state index contributed by atoms with van der Waals surface area (Å²) in [6.45, 7) is 4.55. The molecule has 0 bridgehead atoms. The molecule has 6 heteroatoms. The standard InChI is InChI=1S/C15H21N5O/c1-11-15(16)12(2)20(18-11)10-14(21)19(3)9-7-13-6-4-5-8-17-13/h4-6,8H,7,9-10,16H2,1-3H3. The van der Waals surface area contributed by atoms with Gasteiger partial charge >= 0.3 is 0 Å². The van der Waals surface area contributed by atoms with Crippen LogP contribution in [-0.4, -0.2) is 39.2 Å². The zero-order valence-corrected chi connectivity index (χ0v) is 12.7. The number of aryl methyl sites for hydroxylation is 1. The number of carbonyl (C=O) groups is 1. The SMILES string of the molecule is Cc1nn(CC(=O)N(C)CCc2ccccn2)c(C)c1N. The van der Waals surface area contributed by atoms with E-state index in [1.807, 2.05) is 32.0 Å². The fraction of sp³-hybridized carbons (Fsp3) is 0.400. The second-order valence-corrected chi connectivity index (χ2v) is 5.13. The molecule has 0 atom stereocenters. The van der Waals surface area contributed by atoms with Crippen LogP contribution in [0.25, 0.3) is 0 Å². The van der Waals surface area contributed by atoms with Crippen LogP contribution in [0.4, 0.5) is 5.69 Å². The van der Waals surface area contributed by atoms with Crippen LogP contribution in [0, 0.1) is 13.8 Å². The molecule has 0 saturated carbocycles. The third kappa shape index (κ3) is 3.59. The number of hydrogen-bond acceptors (Lipinski definition) is 4. The lowest BCUT2D eigenvalue weighted by Crippen LogP contribution is -2.32. The van der Waals surface area contributed by atoms with Crippen LogP contribution in [0.3, 0.4) is 0 Å². The van der Waals surface area contributed by atoms with Gasteiger partial charge in [0.05, 0.1) is 17.1 Å². The summed E-state index contributed by atoms with van der Waals surface area (Å²) in [6.07, 6.45) is 2.50. The van der Waals surface area contributed by atoms with Crippen LogP contribution in [0.15, 0.2) is 24.4 Å². The summed E-state index contributed by atoms with van der Waals surface area (Å²) < 4.78 is 1.66. The van der Waals surface area contributed by atoms with E-state index in [-0.39, 0.29) is 12.5 Å². The number of aromatic nitrogens is 3. The van der Waals surface area contributed by atoms with E-state index in [9.17, 15) is 4.79 Å². The average molecular weight is 287 g/mol. The van der Waals surface area contributed by atoms with E-state index in [1.165, 1.54) is 0 Å². The van der Waals surface area contributed by atoms with E-state index < -0.39 is 0 Å². The molecule has 112 valence electrons. The van der Waals surface area contributed by atoms with E-state index in [2.05, 4.69) is 10.1 Å². The van der Waals surface area contributed by atoms with Crippen LogP contribution in [0.1, 0.15) is 17.1 Å². The van der Waals surface area contributed by atoms with Gasteiger partial charge < -0.3 is 10.6 Å². The topological polar surface area (TPSA) is 77.0 Å². The monoisotopic (exact) mass is 287 g/mol. The largest absolute Gasteiger partial charge is 0.396 e. The first-order valence-corrected chi connectivity index (χ1v) is 6.92. The van der Waals surface area contributed by atoms with Crippen molar-refractivity contribution in [2.75, 3.05) is 19.3 Å². The van der Waals surface area contributed by atoms with Crippen molar-refractivity contribution in [1.82, 2.24) is 19.7 Å². The molecular formula is C15H21N5O. The van der Waals surface area contributed by atoms with Gasteiger partial charge in [-0.05, 0) is 26.0 Å². The Morgan fingerprint density at radius 3 is 2.71 bits per heavy atom. The minimum Gasteiger partial charge on any atom is -0.396 e. The maximum Gasteiger partial charge on any atom is 0.244 e. The van der Waals surface area contributed by atoms with E-state index in [0.717, 1.165) is 23.5 Å². The predicted molar refractivity (Wildman–Crippen MR) is 81.7 cm³/mol. The number of nitrogen functional groups attached to an aromatic ring is 1. The first-order chi connectivity index (χ1) is 9.99. The molecule has 2 aromatic rings. The lowest BCUT2D eigenvalue weighted by atomic mass is 10.2. The molecule has 0 radical (unpaired) electrons. The molecule has 21 heavy (non-hydrogen) atoms. The van der Waals surface area contributed by atoms with Crippen LogP contribution in [-0.2, 0) is 17.8 Å². The fourth-order valence-electron chi connectivity index (χ4n) is 2.07. The number of pyridine rings is 1. The van der Waals surface area contributed by atoms with Crippen molar-refractivity contribution in [3.8, 4) is 0 Å². The minimum atomic E-state index is 0.0107. The van der Waals surface area contributed by atoms with Crippen molar-refractivity contribution < 1.29 is 4.79 Å². The van der Waals surface area contributed by atoms with Gasteiger partial charge in [-0.15, -0.1) is 0 Å². The van der Waals surface area contributed by atoms with Gasteiger partial charge in [0.1, 0.15) is 6.54 Å². The molecule has 2 aromatic heterocycles. The van der Waals surface area contributed by atoms with Crippen LogP contribution in [0.5, 0.6) is 0 Å². The van der Waals surface area contributed by atoms with Gasteiger partial charge in [0, 0.05) is 31.9 Å². The summed E-state index contributed by atoms with van der Waals surface area (Å²) in [7, 11) is 1.79. The third-order valence-electron chi connectivity index (χ3n) is 3.58. The number of nitrogens with two attached hydrogens (primary N) is 1. The molecule has 0 aliphatic rings. The molecule has 0 aliphatic carbocycles. The maximum absolute atomic E-state index is 12.2. The number of rotatable bonds is 5. The third-order valence-corrected chi connectivity index (χ3v) is 3.58. The second kappa shape index (κ2) is 6.39. The summed E-state index contributed by atoms with van der Waals surface area (Å²) in [4.78, 5) is 18.2. The second-order valence-electron chi connectivity index (χ2n) is 5.13. The van der Waals surface area contributed by atoms with Gasteiger partial charge in [-0.3, -0.25) is 14.5 Å². The molecule has 2 N–H and O–H groups in total. The Bertz CT molecular complexity index is 620. The number of carbonyl (C=O) groups excluding carboxylic acids is 1. The zero-order chi connectivity index (χ0) is 15.4. The Morgan fingerprint density at radius 2 is 2.14 bits per heavy atom.